The Labute approximate surface area is 82.6 Å². The first kappa shape index (κ1) is 8.97. The highest BCUT2D eigenvalue weighted by atomic mass is 16.3. The minimum absolute atomic E-state index is 0.568. The van der Waals surface area contributed by atoms with E-state index in [9.17, 15) is 0 Å². The molecule has 0 aliphatic rings. The molecule has 0 bridgehead atoms. The van der Waals surface area contributed by atoms with Crippen molar-refractivity contribution in [1.82, 2.24) is 4.98 Å². The molecule has 0 amide bonds. The lowest BCUT2D eigenvalue weighted by molar-refractivity contribution is 0.527. The van der Waals surface area contributed by atoms with Gasteiger partial charge in [-0.15, -0.1) is 0 Å². The summed E-state index contributed by atoms with van der Waals surface area (Å²) in [4.78, 5) is 4.14. The summed E-state index contributed by atoms with van der Waals surface area (Å²) in [7, 11) is 0. The largest absolute Gasteiger partial charge is 0.448 e. The van der Waals surface area contributed by atoms with Crippen LogP contribution >= 0.6 is 0 Å². The van der Waals surface area contributed by atoms with Crippen molar-refractivity contribution in [3.8, 4) is 11.3 Å². The van der Waals surface area contributed by atoms with Gasteiger partial charge in [-0.2, -0.15) is 0 Å². The van der Waals surface area contributed by atoms with E-state index in [0.717, 1.165) is 22.6 Å². The van der Waals surface area contributed by atoms with Crippen molar-refractivity contribution in [3.05, 3.63) is 42.0 Å². The fraction of sp³-hybridized carbons (Fsp3) is 0.182. The summed E-state index contributed by atoms with van der Waals surface area (Å²) >= 11 is 0. The minimum atomic E-state index is 0.568. The molecule has 0 aliphatic carbocycles. The van der Waals surface area contributed by atoms with E-state index < -0.39 is 0 Å². The fourth-order valence-electron chi connectivity index (χ4n) is 1.38. The zero-order valence-corrected chi connectivity index (χ0v) is 8.03. The van der Waals surface area contributed by atoms with Crippen LogP contribution in [0, 0.1) is 6.92 Å². The van der Waals surface area contributed by atoms with Crippen molar-refractivity contribution in [2.45, 2.75) is 13.5 Å². The number of nitrogens with zero attached hydrogens (tertiary/aromatic N) is 1. The number of benzene rings is 1. The highest BCUT2D eigenvalue weighted by Crippen LogP contribution is 2.21. The van der Waals surface area contributed by atoms with Crippen molar-refractivity contribution in [1.29, 1.82) is 0 Å². The maximum atomic E-state index is 5.51. The number of nitrogens with two attached hydrogens (primary N) is 1. The van der Waals surface area contributed by atoms with Gasteiger partial charge in [0, 0.05) is 12.1 Å². The van der Waals surface area contributed by atoms with Crippen LogP contribution in [-0.4, -0.2) is 4.98 Å². The first-order valence-electron chi connectivity index (χ1n) is 4.50. The van der Waals surface area contributed by atoms with Crippen LogP contribution in [0.2, 0.25) is 0 Å². The van der Waals surface area contributed by atoms with Crippen molar-refractivity contribution in [2.75, 3.05) is 0 Å². The van der Waals surface area contributed by atoms with Crippen LogP contribution < -0.4 is 5.73 Å². The van der Waals surface area contributed by atoms with Crippen LogP contribution in [0.1, 0.15) is 11.3 Å². The molecule has 0 spiro atoms. The van der Waals surface area contributed by atoms with Gasteiger partial charge in [-0.25, -0.2) is 4.98 Å². The van der Waals surface area contributed by atoms with Crippen molar-refractivity contribution >= 4 is 0 Å². The molecular weight excluding hydrogens is 176 g/mol. The molecule has 2 aromatic rings. The van der Waals surface area contributed by atoms with Gasteiger partial charge in [-0.3, -0.25) is 0 Å². The maximum absolute atomic E-state index is 5.51. The third-order valence-electron chi connectivity index (χ3n) is 2.21. The summed E-state index contributed by atoms with van der Waals surface area (Å²) in [6, 6.07) is 8.02. The molecule has 72 valence electrons. The molecule has 3 heteroatoms. The van der Waals surface area contributed by atoms with Crippen LogP contribution in [0.25, 0.3) is 11.3 Å². The van der Waals surface area contributed by atoms with E-state index in [4.69, 9.17) is 10.2 Å². The van der Waals surface area contributed by atoms with Gasteiger partial charge in [-0.1, -0.05) is 24.3 Å². The Bertz CT molecular complexity index is 417. The molecule has 0 fully saturated rings. The topological polar surface area (TPSA) is 52.0 Å². The quantitative estimate of drug-likeness (QED) is 0.785. The zero-order chi connectivity index (χ0) is 9.97. The molecule has 3 nitrogen and oxygen atoms in total. The van der Waals surface area contributed by atoms with Crippen LogP contribution in [0.4, 0.5) is 0 Å². The van der Waals surface area contributed by atoms with E-state index in [0.29, 0.717) is 6.54 Å². The van der Waals surface area contributed by atoms with E-state index in [1.54, 1.807) is 0 Å². The maximum Gasteiger partial charge on any atom is 0.181 e. The molecule has 1 heterocycles. The Balaban J connectivity index is 2.39. The van der Waals surface area contributed by atoms with Crippen molar-refractivity contribution in [3.63, 3.8) is 0 Å². The standard InChI is InChI=1S/C11H12N2O/c1-8-11(13-7-14-8)10-4-2-9(6-12)3-5-10/h2-5,7H,6,12H2,1H3. The minimum Gasteiger partial charge on any atom is -0.448 e. The van der Waals surface area contributed by atoms with Crippen LogP contribution in [0.3, 0.4) is 0 Å². The molecule has 0 unspecified atom stereocenters. The molecule has 1 aromatic carbocycles. The van der Waals surface area contributed by atoms with Crippen LogP contribution in [-0.2, 0) is 6.54 Å². The summed E-state index contributed by atoms with van der Waals surface area (Å²) in [6.07, 6.45) is 1.46. The molecule has 2 N–H and O–H groups in total. The second kappa shape index (κ2) is 3.64. The third kappa shape index (κ3) is 1.54. The predicted molar refractivity (Wildman–Crippen MR) is 54.6 cm³/mol. The van der Waals surface area contributed by atoms with Crippen LogP contribution in [0.5, 0.6) is 0 Å². The fourth-order valence-corrected chi connectivity index (χ4v) is 1.38. The number of aromatic nitrogens is 1. The molecule has 0 saturated carbocycles. The van der Waals surface area contributed by atoms with E-state index >= 15 is 0 Å². The Morgan fingerprint density at radius 3 is 2.50 bits per heavy atom. The second-order valence-electron chi connectivity index (χ2n) is 3.16. The average molecular weight is 188 g/mol. The highest BCUT2D eigenvalue weighted by Gasteiger charge is 2.05. The number of aryl methyl sites for hydroxylation is 1. The van der Waals surface area contributed by atoms with Crippen LogP contribution in [0.15, 0.2) is 35.1 Å². The lowest BCUT2D eigenvalue weighted by Crippen LogP contribution is -1.95. The molecule has 0 radical (unpaired) electrons. The van der Waals surface area contributed by atoms with Crippen molar-refractivity contribution in [2.24, 2.45) is 5.73 Å². The summed E-state index contributed by atoms with van der Waals surface area (Å²) < 4.78 is 5.14. The summed E-state index contributed by atoms with van der Waals surface area (Å²) in [5, 5.41) is 0. The monoisotopic (exact) mass is 188 g/mol. The normalized spacial score (nSPS) is 10.4. The van der Waals surface area contributed by atoms with Gasteiger partial charge in [0.25, 0.3) is 0 Å². The molecule has 0 saturated heterocycles. The lowest BCUT2D eigenvalue weighted by Gasteiger charge is -1.99. The average Bonchev–Trinajstić information content (AvgIpc) is 2.65. The van der Waals surface area contributed by atoms with Gasteiger partial charge in [-0.05, 0) is 12.5 Å². The highest BCUT2D eigenvalue weighted by molar-refractivity contribution is 5.60. The van der Waals surface area contributed by atoms with Gasteiger partial charge in [0.15, 0.2) is 6.39 Å². The molecule has 0 atom stereocenters. The summed E-state index contributed by atoms with van der Waals surface area (Å²) in [5.41, 5.74) is 8.59. The lowest BCUT2D eigenvalue weighted by atomic mass is 10.1. The molecule has 1 aromatic heterocycles. The van der Waals surface area contributed by atoms with Gasteiger partial charge in [0.2, 0.25) is 0 Å². The first-order valence-corrected chi connectivity index (χ1v) is 4.50. The van der Waals surface area contributed by atoms with Gasteiger partial charge < -0.3 is 10.2 Å². The molecular formula is C11H12N2O. The number of hydrogen-bond acceptors (Lipinski definition) is 3. The molecule has 14 heavy (non-hydrogen) atoms. The number of rotatable bonds is 2. The van der Waals surface area contributed by atoms with E-state index in [1.165, 1.54) is 6.39 Å². The molecule has 2 rings (SSSR count). The third-order valence-corrected chi connectivity index (χ3v) is 2.21. The van der Waals surface area contributed by atoms with E-state index in [-0.39, 0.29) is 0 Å². The van der Waals surface area contributed by atoms with Gasteiger partial charge in [0.1, 0.15) is 11.5 Å². The zero-order valence-electron chi connectivity index (χ0n) is 8.03. The summed E-state index contributed by atoms with van der Waals surface area (Å²) in [5.74, 6) is 0.838. The molecule has 0 aliphatic heterocycles. The Kier molecular flexibility index (Phi) is 2.33. The van der Waals surface area contributed by atoms with Crippen molar-refractivity contribution < 1.29 is 4.42 Å². The summed E-state index contributed by atoms with van der Waals surface area (Å²) in [6.45, 7) is 2.47. The Morgan fingerprint density at radius 2 is 2.00 bits per heavy atom. The SMILES string of the molecule is Cc1ocnc1-c1ccc(CN)cc1. The number of hydrogen-bond donors (Lipinski definition) is 1. The van der Waals surface area contributed by atoms with Gasteiger partial charge >= 0.3 is 0 Å². The predicted octanol–water partition coefficient (Wildman–Crippen LogP) is 2.11. The van der Waals surface area contributed by atoms with E-state index in [1.807, 2.05) is 31.2 Å². The number of oxazole rings is 1. The van der Waals surface area contributed by atoms with E-state index in [2.05, 4.69) is 4.98 Å². The van der Waals surface area contributed by atoms with Gasteiger partial charge in [0.05, 0.1) is 0 Å². The second-order valence-corrected chi connectivity index (χ2v) is 3.16. The Morgan fingerprint density at radius 1 is 1.29 bits per heavy atom. The first-order chi connectivity index (χ1) is 6.81. The Hall–Kier alpha value is -1.61. The smallest absolute Gasteiger partial charge is 0.181 e.